The van der Waals surface area contributed by atoms with Crippen LogP contribution in [0.2, 0.25) is 0 Å². The third-order valence-electron chi connectivity index (χ3n) is 4.39. The van der Waals surface area contributed by atoms with E-state index in [1.54, 1.807) is 35.4 Å². The lowest BCUT2D eigenvalue weighted by Crippen LogP contribution is -2.33. The standard InChI is InChI=1S/C18H21N5O3/c1-11(2)22-10-12(9-16(22)24)18(26)20-13-3-5-14(6-4-13)23-8-7-15(21-23)17(19)25/h3-8,11-12H,9-10H2,1-2H3,(H2,19,25)(H,20,26). The maximum absolute atomic E-state index is 12.4. The first kappa shape index (κ1) is 17.7. The topological polar surface area (TPSA) is 110 Å². The van der Waals surface area contributed by atoms with Gasteiger partial charge in [-0.05, 0) is 44.2 Å². The zero-order chi connectivity index (χ0) is 18.8. The van der Waals surface area contributed by atoms with E-state index in [9.17, 15) is 14.4 Å². The van der Waals surface area contributed by atoms with Crippen molar-refractivity contribution in [1.29, 1.82) is 0 Å². The first-order valence-corrected chi connectivity index (χ1v) is 8.41. The molecule has 1 aromatic carbocycles. The number of carbonyl (C=O) groups excluding carboxylic acids is 3. The molecule has 0 bridgehead atoms. The predicted molar refractivity (Wildman–Crippen MR) is 95.7 cm³/mol. The highest BCUT2D eigenvalue weighted by atomic mass is 16.2. The second kappa shape index (κ2) is 6.99. The molecule has 136 valence electrons. The number of aromatic nitrogens is 2. The number of hydrogen-bond acceptors (Lipinski definition) is 4. The molecular weight excluding hydrogens is 334 g/mol. The Hall–Kier alpha value is -3.16. The van der Waals surface area contributed by atoms with Crippen LogP contribution in [0.3, 0.4) is 0 Å². The number of nitrogens with two attached hydrogens (primary N) is 1. The van der Waals surface area contributed by atoms with Crippen LogP contribution in [-0.4, -0.2) is 45.0 Å². The maximum Gasteiger partial charge on any atom is 0.269 e. The van der Waals surface area contributed by atoms with E-state index >= 15 is 0 Å². The molecule has 3 amide bonds. The van der Waals surface area contributed by atoms with Gasteiger partial charge in [0, 0.05) is 30.9 Å². The number of amides is 3. The fourth-order valence-electron chi connectivity index (χ4n) is 2.95. The van der Waals surface area contributed by atoms with E-state index < -0.39 is 5.91 Å². The minimum Gasteiger partial charge on any atom is -0.364 e. The van der Waals surface area contributed by atoms with Gasteiger partial charge in [-0.3, -0.25) is 14.4 Å². The molecule has 2 heterocycles. The molecule has 0 aliphatic carbocycles. The normalized spacial score (nSPS) is 17.0. The van der Waals surface area contributed by atoms with Crippen molar-refractivity contribution in [3.05, 3.63) is 42.2 Å². The molecule has 2 aromatic rings. The van der Waals surface area contributed by atoms with Crippen LogP contribution >= 0.6 is 0 Å². The first-order chi connectivity index (χ1) is 12.3. The van der Waals surface area contributed by atoms with Crippen LogP contribution in [0.25, 0.3) is 5.69 Å². The smallest absolute Gasteiger partial charge is 0.269 e. The van der Waals surface area contributed by atoms with Gasteiger partial charge in [0.05, 0.1) is 11.6 Å². The highest BCUT2D eigenvalue weighted by Gasteiger charge is 2.35. The molecule has 0 saturated carbocycles. The molecule has 1 fully saturated rings. The fraction of sp³-hybridized carbons (Fsp3) is 0.333. The Morgan fingerprint density at radius 2 is 1.92 bits per heavy atom. The third-order valence-corrected chi connectivity index (χ3v) is 4.39. The quantitative estimate of drug-likeness (QED) is 0.838. The summed E-state index contributed by atoms with van der Waals surface area (Å²) in [5.41, 5.74) is 6.75. The van der Waals surface area contributed by atoms with E-state index in [1.807, 2.05) is 13.8 Å². The van der Waals surface area contributed by atoms with E-state index in [-0.39, 0.29) is 35.9 Å². The molecule has 3 rings (SSSR count). The number of benzene rings is 1. The molecule has 0 radical (unpaired) electrons. The molecule has 1 saturated heterocycles. The van der Waals surface area contributed by atoms with E-state index in [2.05, 4.69) is 10.4 Å². The van der Waals surface area contributed by atoms with Crippen molar-refractivity contribution in [3.8, 4) is 5.69 Å². The molecule has 8 nitrogen and oxygen atoms in total. The molecule has 0 spiro atoms. The Labute approximate surface area is 151 Å². The number of hydrogen-bond donors (Lipinski definition) is 2. The van der Waals surface area contributed by atoms with E-state index in [1.165, 1.54) is 10.7 Å². The molecule has 1 aliphatic rings. The Kier molecular flexibility index (Phi) is 4.75. The monoisotopic (exact) mass is 355 g/mol. The van der Waals surface area contributed by atoms with Gasteiger partial charge in [-0.15, -0.1) is 0 Å². The van der Waals surface area contributed by atoms with Gasteiger partial charge in [-0.25, -0.2) is 4.68 Å². The molecular formula is C18H21N5O3. The summed E-state index contributed by atoms with van der Waals surface area (Å²) in [6.07, 6.45) is 1.88. The summed E-state index contributed by atoms with van der Waals surface area (Å²) in [4.78, 5) is 37.2. The summed E-state index contributed by atoms with van der Waals surface area (Å²) >= 11 is 0. The van der Waals surface area contributed by atoms with Gasteiger partial charge in [-0.2, -0.15) is 5.10 Å². The molecule has 26 heavy (non-hydrogen) atoms. The molecule has 1 unspecified atom stereocenters. The average Bonchev–Trinajstić information content (AvgIpc) is 3.22. The van der Waals surface area contributed by atoms with Crippen LogP contribution in [0.1, 0.15) is 30.8 Å². The van der Waals surface area contributed by atoms with Gasteiger partial charge in [0.25, 0.3) is 5.91 Å². The van der Waals surface area contributed by atoms with Gasteiger partial charge >= 0.3 is 0 Å². The molecule has 8 heteroatoms. The number of nitrogens with zero attached hydrogens (tertiary/aromatic N) is 3. The summed E-state index contributed by atoms with van der Waals surface area (Å²) in [7, 11) is 0. The molecule has 3 N–H and O–H groups in total. The van der Waals surface area contributed by atoms with Crippen LogP contribution < -0.4 is 11.1 Å². The fourth-order valence-corrected chi connectivity index (χ4v) is 2.95. The van der Waals surface area contributed by atoms with Crippen molar-refractivity contribution < 1.29 is 14.4 Å². The summed E-state index contributed by atoms with van der Waals surface area (Å²) in [6, 6.07) is 8.67. The average molecular weight is 355 g/mol. The molecule has 1 aliphatic heterocycles. The number of anilines is 1. The highest BCUT2D eigenvalue weighted by Crippen LogP contribution is 2.22. The minimum atomic E-state index is -0.589. The number of primary amides is 1. The maximum atomic E-state index is 12.4. The number of rotatable bonds is 5. The van der Waals surface area contributed by atoms with Gasteiger partial charge in [0.2, 0.25) is 11.8 Å². The van der Waals surface area contributed by atoms with Crippen molar-refractivity contribution in [2.24, 2.45) is 11.7 Å². The lowest BCUT2D eigenvalue weighted by Gasteiger charge is -2.20. The van der Waals surface area contributed by atoms with E-state index in [0.29, 0.717) is 12.2 Å². The first-order valence-electron chi connectivity index (χ1n) is 8.41. The Balaban J connectivity index is 1.65. The zero-order valence-electron chi connectivity index (χ0n) is 14.7. The number of nitrogens with one attached hydrogen (secondary N) is 1. The Morgan fingerprint density at radius 3 is 2.46 bits per heavy atom. The highest BCUT2D eigenvalue weighted by molar-refractivity contribution is 5.97. The van der Waals surface area contributed by atoms with Crippen LogP contribution in [0, 0.1) is 5.92 Å². The molecule has 1 aromatic heterocycles. The van der Waals surface area contributed by atoms with Crippen molar-refractivity contribution in [1.82, 2.24) is 14.7 Å². The van der Waals surface area contributed by atoms with Crippen molar-refractivity contribution in [2.45, 2.75) is 26.3 Å². The Bertz CT molecular complexity index is 841. The van der Waals surface area contributed by atoms with E-state index in [4.69, 9.17) is 5.73 Å². The second-order valence-corrected chi connectivity index (χ2v) is 6.59. The van der Waals surface area contributed by atoms with Crippen molar-refractivity contribution in [2.75, 3.05) is 11.9 Å². The number of likely N-dealkylation sites (tertiary alicyclic amines) is 1. The largest absolute Gasteiger partial charge is 0.364 e. The van der Waals surface area contributed by atoms with E-state index in [0.717, 1.165) is 5.69 Å². The van der Waals surface area contributed by atoms with Crippen LogP contribution in [0.4, 0.5) is 5.69 Å². The lowest BCUT2D eigenvalue weighted by molar-refractivity contribution is -0.129. The van der Waals surface area contributed by atoms with Gasteiger partial charge in [-0.1, -0.05) is 0 Å². The minimum absolute atomic E-state index is 0.0134. The predicted octanol–water partition coefficient (Wildman–Crippen LogP) is 1.17. The summed E-state index contributed by atoms with van der Waals surface area (Å²) in [6.45, 7) is 4.33. The van der Waals surface area contributed by atoms with Gasteiger partial charge < -0.3 is 16.0 Å². The Morgan fingerprint density at radius 1 is 1.23 bits per heavy atom. The van der Waals surface area contributed by atoms with Crippen molar-refractivity contribution in [3.63, 3.8) is 0 Å². The SMILES string of the molecule is CC(C)N1CC(C(=O)Nc2ccc(-n3ccc(C(N)=O)n3)cc2)CC1=O. The number of carbonyl (C=O) groups is 3. The van der Waals surface area contributed by atoms with Crippen molar-refractivity contribution >= 4 is 23.4 Å². The van der Waals surface area contributed by atoms with Crippen LogP contribution in [0.15, 0.2) is 36.5 Å². The summed E-state index contributed by atoms with van der Waals surface area (Å²) in [5.74, 6) is -1.08. The summed E-state index contributed by atoms with van der Waals surface area (Å²) in [5, 5.41) is 6.92. The third kappa shape index (κ3) is 3.58. The molecule has 1 atom stereocenters. The van der Waals surface area contributed by atoms with Gasteiger partial charge in [0.1, 0.15) is 5.69 Å². The van der Waals surface area contributed by atoms with Gasteiger partial charge in [0.15, 0.2) is 0 Å². The zero-order valence-corrected chi connectivity index (χ0v) is 14.7. The van der Waals surface area contributed by atoms with Crippen LogP contribution in [0.5, 0.6) is 0 Å². The summed E-state index contributed by atoms with van der Waals surface area (Å²) < 4.78 is 1.53. The second-order valence-electron chi connectivity index (χ2n) is 6.59. The lowest BCUT2D eigenvalue weighted by atomic mass is 10.1. The van der Waals surface area contributed by atoms with Crippen LogP contribution in [-0.2, 0) is 9.59 Å².